The predicted octanol–water partition coefficient (Wildman–Crippen LogP) is 5.19. The van der Waals surface area contributed by atoms with Crippen LogP contribution in [0.2, 0.25) is 0 Å². The van der Waals surface area contributed by atoms with Gasteiger partial charge in [-0.3, -0.25) is 0 Å². The van der Waals surface area contributed by atoms with Gasteiger partial charge in [-0.15, -0.1) is 11.3 Å². The van der Waals surface area contributed by atoms with Crippen LogP contribution in [-0.4, -0.2) is 9.97 Å². The first kappa shape index (κ1) is 13.3. The fraction of sp³-hybridized carbons (Fsp3) is 0.105. The maximum absolute atomic E-state index is 4.80. The standard InChI is InChI=1S/C19H16N2S/c1-13-6-8-14(9-7-13)18-12-22-19(21-18)10-15-11-20-17-5-3-2-4-16(15)17/h2-9,11-12,20H,10H2,1H3. The van der Waals surface area contributed by atoms with Crippen molar-refractivity contribution in [3.63, 3.8) is 0 Å². The van der Waals surface area contributed by atoms with Gasteiger partial charge in [0.2, 0.25) is 0 Å². The lowest BCUT2D eigenvalue weighted by Gasteiger charge is -1.98. The number of thiazole rings is 1. The van der Waals surface area contributed by atoms with Gasteiger partial charge in [-0.05, 0) is 18.6 Å². The number of aromatic nitrogens is 2. The minimum absolute atomic E-state index is 0.876. The molecule has 0 bridgehead atoms. The third kappa shape index (κ3) is 2.44. The number of hydrogen-bond acceptors (Lipinski definition) is 2. The molecule has 0 saturated heterocycles. The fourth-order valence-corrected chi connectivity index (χ4v) is 3.52. The van der Waals surface area contributed by atoms with Crippen LogP contribution in [0.1, 0.15) is 16.1 Å². The number of nitrogens with zero attached hydrogens (tertiary/aromatic N) is 1. The number of H-pyrrole nitrogens is 1. The second kappa shape index (κ2) is 5.43. The molecule has 2 heterocycles. The van der Waals surface area contributed by atoms with Crippen LogP contribution in [0.25, 0.3) is 22.2 Å². The molecule has 1 N–H and O–H groups in total. The van der Waals surface area contributed by atoms with Crippen LogP contribution in [0, 0.1) is 6.92 Å². The van der Waals surface area contributed by atoms with Gasteiger partial charge in [0, 0.05) is 34.5 Å². The Bertz CT molecular complexity index is 916. The Kier molecular flexibility index (Phi) is 3.28. The van der Waals surface area contributed by atoms with Crippen molar-refractivity contribution >= 4 is 22.2 Å². The van der Waals surface area contributed by atoms with Crippen LogP contribution in [0.5, 0.6) is 0 Å². The average Bonchev–Trinajstić information content (AvgIpc) is 3.16. The van der Waals surface area contributed by atoms with Crippen LogP contribution in [0.15, 0.2) is 60.1 Å². The van der Waals surface area contributed by atoms with Gasteiger partial charge in [0.15, 0.2) is 0 Å². The largest absolute Gasteiger partial charge is 0.361 e. The molecule has 2 nitrogen and oxygen atoms in total. The fourth-order valence-electron chi connectivity index (χ4n) is 2.69. The first-order chi connectivity index (χ1) is 10.8. The quantitative estimate of drug-likeness (QED) is 0.554. The molecule has 0 aliphatic rings. The molecule has 0 aliphatic heterocycles. The third-order valence-corrected chi connectivity index (χ3v) is 4.76. The highest BCUT2D eigenvalue weighted by molar-refractivity contribution is 7.10. The molecular weight excluding hydrogens is 288 g/mol. The molecule has 0 fully saturated rings. The molecule has 108 valence electrons. The van der Waals surface area contributed by atoms with Gasteiger partial charge in [-0.1, -0.05) is 48.0 Å². The molecule has 0 unspecified atom stereocenters. The molecular formula is C19H16N2S. The smallest absolute Gasteiger partial charge is 0.0977 e. The first-order valence-electron chi connectivity index (χ1n) is 7.36. The van der Waals surface area contributed by atoms with Gasteiger partial charge in [0.05, 0.1) is 10.7 Å². The zero-order chi connectivity index (χ0) is 14.9. The highest BCUT2D eigenvalue weighted by Gasteiger charge is 2.08. The van der Waals surface area contributed by atoms with Crippen molar-refractivity contribution in [1.29, 1.82) is 0 Å². The monoisotopic (exact) mass is 304 g/mol. The summed E-state index contributed by atoms with van der Waals surface area (Å²) in [6.45, 7) is 2.10. The van der Waals surface area contributed by atoms with Crippen molar-refractivity contribution in [2.45, 2.75) is 13.3 Å². The molecule has 0 saturated carbocycles. The Hall–Kier alpha value is -2.39. The molecule has 2 aromatic heterocycles. The van der Waals surface area contributed by atoms with E-state index in [0.29, 0.717) is 0 Å². The van der Waals surface area contributed by atoms with Gasteiger partial charge in [0.25, 0.3) is 0 Å². The number of para-hydroxylation sites is 1. The van der Waals surface area contributed by atoms with Gasteiger partial charge in [0.1, 0.15) is 0 Å². The molecule has 2 aromatic carbocycles. The number of fused-ring (bicyclic) bond motifs is 1. The van der Waals surface area contributed by atoms with Crippen molar-refractivity contribution in [2.24, 2.45) is 0 Å². The predicted molar refractivity (Wildman–Crippen MR) is 93.4 cm³/mol. The second-order valence-corrected chi connectivity index (χ2v) is 6.47. The van der Waals surface area contributed by atoms with Gasteiger partial charge in [-0.25, -0.2) is 4.98 Å². The third-order valence-electron chi connectivity index (χ3n) is 3.92. The van der Waals surface area contributed by atoms with Crippen LogP contribution >= 0.6 is 11.3 Å². The lowest BCUT2D eigenvalue weighted by atomic mass is 10.1. The van der Waals surface area contributed by atoms with E-state index in [1.54, 1.807) is 11.3 Å². The van der Waals surface area contributed by atoms with Gasteiger partial charge < -0.3 is 4.98 Å². The van der Waals surface area contributed by atoms with Crippen molar-refractivity contribution in [2.75, 3.05) is 0 Å². The van der Waals surface area contributed by atoms with Crippen molar-refractivity contribution < 1.29 is 0 Å². The highest BCUT2D eigenvalue weighted by Crippen LogP contribution is 2.26. The maximum atomic E-state index is 4.80. The highest BCUT2D eigenvalue weighted by atomic mass is 32.1. The SMILES string of the molecule is Cc1ccc(-c2csc(Cc3c[nH]c4ccccc34)n2)cc1. The molecule has 0 radical (unpaired) electrons. The van der Waals surface area contributed by atoms with Crippen LogP contribution in [-0.2, 0) is 6.42 Å². The van der Waals surface area contributed by atoms with E-state index in [2.05, 4.69) is 72.0 Å². The lowest BCUT2D eigenvalue weighted by Crippen LogP contribution is -1.86. The Morgan fingerprint density at radius 1 is 1.05 bits per heavy atom. The van der Waals surface area contributed by atoms with E-state index in [0.717, 1.165) is 17.1 Å². The Balaban J connectivity index is 1.63. The topological polar surface area (TPSA) is 28.7 Å². The van der Waals surface area contributed by atoms with Crippen molar-refractivity contribution in [3.05, 3.63) is 76.2 Å². The summed E-state index contributed by atoms with van der Waals surface area (Å²) in [5.74, 6) is 0. The van der Waals surface area contributed by atoms with E-state index >= 15 is 0 Å². The summed E-state index contributed by atoms with van der Waals surface area (Å²) in [5, 5.41) is 4.59. The summed E-state index contributed by atoms with van der Waals surface area (Å²) in [7, 11) is 0. The van der Waals surface area contributed by atoms with Crippen molar-refractivity contribution in [3.8, 4) is 11.3 Å². The van der Waals surface area contributed by atoms with Crippen LogP contribution in [0.3, 0.4) is 0 Å². The Morgan fingerprint density at radius 2 is 1.86 bits per heavy atom. The number of benzene rings is 2. The normalized spacial score (nSPS) is 11.1. The van der Waals surface area contributed by atoms with E-state index in [1.807, 2.05) is 0 Å². The molecule has 3 heteroatoms. The molecule has 4 aromatic rings. The number of aryl methyl sites for hydroxylation is 1. The lowest BCUT2D eigenvalue weighted by molar-refractivity contribution is 1.15. The number of rotatable bonds is 3. The summed E-state index contributed by atoms with van der Waals surface area (Å²) >= 11 is 1.73. The molecule has 22 heavy (non-hydrogen) atoms. The van der Waals surface area contributed by atoms with E-state index in [9.17, 15) is 0 Å². The Morgan fingerprint density at radius 3 is 2.73 bits per heavy atom. The minimum Gasteiger partial charge on any atom is -0.361 e. The second-order valence-electron chi connectivity index (χ2n) is 5.53. The molecule has 4 rings (SSSR count). The Labute approximate surface area is 133 Å². The number of nitrogens with one attached hydrogen (secondary N) is 1. The zero-order valence-corrected chi connectivity index (χ0v) is 13.2. The summed E-state index contributed by atoms with van der Waals surface area (Å²) < 4.78 is 0. The molecule has 0 spiro atoms. The minimum atomic E-state index is 0.876. The number of aromatic amines is 1. The van der Waals surface area contributed by atoms with E-state index in [4.69, 9.17) is 4.98 Å². The van der Waals surface area contributed by atoms with Crippen LogP contribution < -0.4 is 0 Å². The zero-order valence-electron chi connectivity index (χ0n) is 12.3. The van der Waals surface area contributed by atoms with E-state index < -0.39 is 0 Å². The summed E-state index contributed by atoms with van der Waals surface area (Å²) in [6, 6.07) is 17.0. The maximum Gasteiger partial charge on any atom is 0.0977 e. The summed E-state index contributed by atoms with van der Waals surface area (Å²) in [4.78, 5) is 8.13. The van der Waals surface area contributed by atoms with Crippen molar-refractivity contribution in [1.82, 2.24) is 9.97 Å². The summed E-state index contributed by atoms with van der Waals surface area (Å²) in [5.41, 5.74) is 6.03. The first-order valence-corrected chi connectivity index (χ1v) is 8.24. The van der Waals surface area contributed by atoms with Gasteiger partial charge >= 0.3 is 0 Å². The average molecular weight is 304 g/mol. The number of hydrogen-bond donors (Lipinski definition) is 1. The van der Waals surface area contributed by atoms with E-state index in [-0.39, 0.29) is 0 Å². The van der Waals surface area contributed by atoms with E-state index in [1.165, 1.54) is 27.6 Å². The summed E-state index contributed by atoms with van der Waals surface area (Å²) in [6.07, 6.45) is 2.97. The van der Waals surface area contributed by atoms with Gasteiger partial charge in [-0.2, -0.15) is 0 Å². The molecule has 0 aliphatic carbocycles. The van der Waals surface area contributed by atoms with Crippen LogP contribution in [0.4, 0.5) is 0 Å². The molecule has 0 amide bonds. The molecule has 0 atom stereocenters.